The van der Waals surface area contributed by atoms with Crippen LogP contribution in [0.2, 0.25) is 0 Å². The highest BCUT2D eigenvalue weighted by Gasteiger charge is 2.27. The topological polar surface area (TPSA) is 113 Å². The number of nitrogens with zero attached hydrogens (tertiary/aromatic N) is 1. The summed E-state index contributed by atoms with van der Waals surface area (Å²) >= 11 is 0. The van der Waals surface area contributed by atoms with Gasteiger partial charge in [0.1, 0.15) is 6.54 Å². The monoisotopic (exact) mass is 549 g/mol. The van der Waals surface area contributed by atoms with Crippen LogP contribution in [0.3, 0.4) is 0 Å². The molecule has 8 nitrogen and oxygen atoms in total. The molecule has 0 saturated carbocycles. The van der Waals surface area contributed by atoms with Gasteiger partial charge in [0.2, 0.25) is 5.91 Å². The lowest BCUT2D eigenvalue weighted by Crippen LogP contribution is -2.38. The molecule has 0 saturated heterocycles. The van der Waals surface area contributed by atoms with Crippen LogP contribution in [0, 0.1) is 13.8 Å². The molecule has 0 aliphatic heterocycles. The predicted octanol–water partition coefficient (Wildman–Crippen LogP) is 4.94. The fraction of sp³-hybridized carbons (Fsp3) is 0.107. The highest BCUT2D eigenvalue weighted by atomic mass is 32.2. The third kappa shape index (κ3) is 6.39. The molecule has 0 aliphatic rings. The van der Waals surface area contributed by atoms with Gasteiger partial charge in [-0.15, -0.1) is 0 Å². The van der Waals surface area contributed by atoms with Crippen molar-refractivity contribution in [2.75, 3.05) is 20.9 Å². The van der Waals surface area contributed by atoms with Crippen molar-refractivity contribution in [2.45, 2.75) is 23.6 Å². The van der Waals surface area contributed by atoms with Gasteiger partial charge < -0.3 is 5.32 Å². The highest BCUT2D eigenvalue weighted by Crippen LogP contribution is 2.25. The molecule has 0 spiro atoms. The van der Waals surface area contributed by atoms with Crippen molar-refractivity contribution in [3.8, 4) is 0 Å². The van der Waals surface area contributed by atoms with Crippen LogP contribution in [0.4, 0.5) is 17.1 Å². The number of rotatable bonds is 9. The van der Waals surface area contributed by atoms with Crippen molar-refractivity contribution >= 4 is 43.0 Å². The standard InChI is InChI=1S/C28H27N3O5S2/c1-21-11-15-27(16-12-21)38(35,36)31(25-10-6-7-22(2)19-25)20-28(32)29-23-13-17-26(18-14-23)37(33,34)30-24-8-4-3-5-9-24/h3-19,30H,20H2,1-2H3,(H,29,32). The van der Waals surface area contributed by atoms with Gasteiger partial charge >= 0.3 is 0 Å². The molecule has 2 N–H and O–H groups in total. The lowest BCUT2D eigenvalue weighted by Gasteiger charge is -2.24. The van der Waals surface area contributed by atoms with Gasteiger partial charge in [0, 0.05) is 11.4 Å². The second kappa shape index (κ2) is 11.1. The first kappa shape index (κ1) is 26.9. The summed E-state index contributed by atoms with van der Waals surface area (Å²) in [7, 11) is -7.87. The van der Waals surface area contributed by atoms with Crippen molar-refractivity contribution in [2.24, 2.45) is 0 Å². The number of aryl methyl sites for hydroxylation is 2. The van der Waals surface area contributed by atoms with Crippen LogP contribution >= 0.6 is 0 Å². The van der Waals surface area contributed by atoms with E-state index in [-0.39, 0.29) is 9.79 Å². The Hall–Kier alpha value is -4.15. The van der Waals surface area contributed by atoms with Gasteiger partial charge in [0.15, 0.2) is 0 Å². The third-order valence-electron chi connectivity index (χ3n) is 5.66. The second-order valence-corrected chi connectivity index (χ2v) is 12.3. The number of nitrogens with one attached hydrogen (secondary N) is 2. The number of hydrogen-bond acceptors (Lipinski definition) is 5. The number of anilines is 3. The van der Waals surface area contributed by atoms with E-state index in [0.29, 0.717) is 17.1 Å². The molecule has 196 valence electrons. The SMILES string of the molecule is Cc1ccc(S(=O)(=O)N(CC(=O)Nc2ccc(S(=O)(=O)Nc3ccccc3)cc2)c2cccc(C)c2)cc1. The molecular formula is C28H27N3O5S2. The van der Waals surface area contributed by atoms with Gasteiger partial charge in [-0.1, -0.05) is 48.0 Å². The summed E-state index contributed by atoms with van der Waals surface area (Å²) in [4.78, 5) is 13.1. The highest BCUT2D eigenvalue weighted by molar-refractivity contribution is 7.93. The van der Waals surface area contributed by atoms with Gasteiger partial charge in [0.25, 0.3) is 20.0 Å². The molecule has 0 aliphatic carbocycles. The molecule has 0 aromatic heterocycles. The minimum absolute atomic E-state index is 0.0164. The summed E-state index contributed by atoms with van der Waals surface area (Å²) in [6.07, 6.45) is 0. The van der Waals surface area contributed by atoms with E-state index in [9.17, 15) is 21.6 Å². The van der Waals surface area contributed by atoms with Gasteiger partial charge in [0.05, 0.1) is 15.5 Å². The molecule has 0 unspecified atom stereocenters. The molecule has 0 atom stereocenters. The summed E-state index contributed by atoms with van der Waals surface area (Å²) in [6, 6.07) is 27.4. The number of hydrogen-bond donors (Lipinski definition) is 2. The van der Waals surface area contributed by atoms with E-state index < -0.39 is 32.5 Å². The lowest BCUT2D eigenvalue weighted by molar-refractivity contribution is -0.114. The molecule has 4 aromatic carbocycles. The third-order valence-corrected chi connectivity index (χ3v) is 8.85. The zero-order valence-corrected chi connectivity index (χ0v) is 22.5. The van der Waals surface area contributed by atoms with Crippen molar-refractivity contribution in [3.63, 3.8) is 0 Å². The maximum Gasteiger partial charge on any atom is 0.264 e. The minimum atomic E-state index is -4.05. The number of carbonyl (C=O) groups is 1. The van der Waals surface area contributed by atoms with E-state index in [0.717, 1.165) is 15.4 Å². The first-order valence-electron chi connectivity index (χ1n) is 11.7. The Balaban J connectivity index is 1.53. The van der Waals surface area contributed by atoms with E-state index in [1.54, 1.807) is 60.7 Å². The molecule has 0 bridgehead atoms. The van der Waals surface area contributed by atoms with Crippen molar-refractivity contribution in [1.82, 2.24) is 0 Å². The van der Waals surface area contributed by atoms with Gasteiger partial charge in [-0.2, -0.15) is 0 Å². The molecule has 0 radical (unpaired) electrons. The molecule has 10 heteroatoms. The number of carbonyl (C=O) groups excluding carboxylic acids is 1. The maximum absolute atomic E-state index is 13.5. The predicted molar refractivity (Wildman–Crippen MR) is 149 cm³/mol. The average molecular weight is 550 g/mol. The minimum Gasteiger partial charge on any atom is -0.325 e. The molecular weight excluding hydrogens is 522 g/mol. The number of benzene rings is 4. The van der Waals surface area contributed by atoms with Crippen LogP contribution in [-0.4, -0.2) is 29.3 Å². The van der Waals surface area contributed by atoms with E-state index in [4.69, 9.17) is 0 Å². The van der Waals surface area contributed by atoms with E-state index >= 15 is 0 Å². The van der Waals surface area contributed by atoms with Gasteiger partial charge in [-0.3, -0.25) is 13.8 Å². The Morgan fingerprint density at radius 1 is 0.684 bits per heavy atom. The van der Waals surface area contributed by atoms with Crippen LogP contribution in [0.5, 0.6) is 0 Å². The van der Waals surface area contributed by atoms with Crippen molar-refractivity contribution in [1.29, 1.82) is 0 Å². The zero-order chi connectivity index (χ0) is 27.3. The van der Waals surface area contributed by atoms with E-state index in [2.05, 4.69) is 10.0 Å². The van der Waals surface area contributed by atoms with Crippen molar-refractivity contribution < 1.29 is 21.6 Å². The Labute approximate surface area is 223 Å². The summed E-state index contributed by atoms with van der Waals surface area (Å²) in [5.41, 5.74) is 2.86. The van der Waals surface area contributed by atoms with E-state index in [1.807, 2.05) is 19.9 Å². The average Bonchev–Trinajstić information content (AvgIpc) is 2.88. The van der Waals surface area contributed by atoms with Crippen LogP contribution in [0.15, 0.2) is 113 Å². The molecule has 1 amide bonds. The normalized spacial score (nSPS) is 11.5. The van der Waals surface area contributed by atoms with Gasteiger partial charge in [-0.05, 0) is 80.1 Å². The smallest absolute Gasteiger partial charge is 0.264 e. The number of sulfonamides is 2. The fourth-order valence-electron chi connectivity index (χ4n) is 3.70. The fourth-order valence-corrected chi connectivity index (χ4v) is 6.18. The number of amides is 1. The summed E-state index contributed by atoms with van der Waals surface area (Å²) < 4.78 is 55.9. The van der Waals surface area contributed by atoms with Crippen LogP contribution in [0.25, 0.3) is 0 Å². The quantitative estimate of drug-likeness (QED) is 0.307. The van der Waals surface area contributed by atoms with E-state index in [1.165, 1.54) is 36.4 Å². The molecule has 0 heterocycles. The van der Waals surface area contributed by atoms with Crippen LogP contribution in [-0.2, 0) is 24.8 Å². The van der Waals surface area contributed by atoms with Crippen LogP contribution in [0.1, 0.15) is 11.1 Å². The summed E-state index contributed by atoms with van der Waals surface area (Å²) in [5, 5.41) is 2.66. The lowest BCUT2D eigenvalue weighted by atomic mass is 10.2. The summed E-state index contributed by atoms with van der Waals surface area (Å²) in [6.45, 7) is 3.22. The molecule has 38 heavy (non-hydrogen) atoms. The Kier molecular flexibility index (Phi) is 7.84. The van der Waals surface area contributed by atoms with Crippen LogP contribution < -0.4 is 14.3 Å². The van der Waals surface area contributed by atoms with Crippen molar-refractivity contribution in [3.05, 3.63) is 114 Å². The van der Waals surface area contributed by atoms with Gasteiger partial charge in [-0.25, -0.2) is 16.8 Å². The molecule has 0 fully saturated rings. The largest absolute Gasteiger partial charge is 0.325 e. The number of para-hydroxylation sites is 1. The Bertz CT molecular complexity index is 1640. The molecule has 4 aromatic rings. The Morgan fingerprint density at radius 2 is 1.32 bits per heavy atom. The zero-order valence-electron chi connectivity index (χ0n) is 20.8. The first-order valence-corrected chi connectivity index (χ1v) is 14.6. The molecule has 4 rings (SSSR count). The first-order chi connectivity index (χ1) is 18.0. The second-order valence-electron chi connectivity index (χ2n) is 8.71. The summed E-state index contributed by atoms with van der Waals surface area (Å²) in [5.74, 6) is -0.583. The Morgan fingerprint density at radius 3 is 1.95 bits per heavy atom. The maximum atomic E-state index is 13.5.